The van der Waals surface area contributed by atoms with Crippen LogP contribution in [0.15, 0.2) is 36.1 Å². The van der Waals surface area contributed by atoms with E-state index in [1.54, 1.807) is 6.08 Å². The van der Waals surface area contributed by atoms with Crippen LogP contribution in [-0.2, 0) is 0 Å². The zero-order valence-corrected chi connectivity index (χ0v) is 8.34. The molecule has 0 unspecified atom stereocenters. The molecule has 0 saturated carbocycles. The van der Waals surface area contributed by atoms with Crippen molar-refractivity contribution in [2.75, 3.05) is 6.54 Å². The van der Waals surface area contributed by atoms with E-state index in [0.717, 1.165) is 17.1 Å². The molecule has 0 aromatic heterocycles. The van der Waals surface area contributed by atoms with Crippen LogP contribution < -0.4 is 4.74 Å². The molecule has 0 amide bonds. The van der Waals surface area contributed by atoms with E-state index in [1.165, 1.54) is 0 Å². The van der Waals surface area contributed by atoms with Gasteiger partial charge in [0.25, 0.3) is 0 Å². The average molecular weight is 205 g/mol. The van der Waals surface area contributed by atoms with Crippen LogP contribution in [0.25, 0.3) is 0 Å². The molecule has 1 atom stereocenters. The minimum Gasteiger partial charge on any atom is -0.462 e. The Kier molecular flexibility index (Phi) is 2.41. The lowest BCUT2D eigenvalue weighted by Crippen LogP contribution is -2.15. The summed E-state index contributed by atoms with van der Waals surface area (Å²) in [5, 5.41) is 10.5. The van der Waals surface area contributed by atoms with E-state index < -0.39 is 0 Å². The molecule has 1 aliphatic rings. The van der Waals surface area contributed by atoms with Gasteiger partial charge in [0.05, 0.1) is 11.7 Å². The predicted molar refractivity (Wildman–Crippen MR) is 55.4 cm³/mol. The molecule has 1 heterocycles. The van der Waals surface area contributed by atoms with Crippen LogP contribution >= 0.6 is 0 Å². The number of nitro groups is 1. The van der Waals surface area contributed by atoms with Crippen molar-refractivity contribution in [1.29, 1.82) is 0 Å². The summed E-state index contributed by atoms with van der Waals surface area (Å²) in [6.07, 6.45) is 1.80. The summed E-state index contributed by atoms with van der Waals surface area (Å²) in [6, 6.07) is 7.43. The molecule has 78 valence electrons. The van der Waals surface area contributed by atoms with E-state index >= 15 is 0 Å². The van der Waals surface area contributed by atoms with Crippen LogP contribution in [0.4, 0.5) is 0 Å². The quantitative estimate of drug-likeness (QED) is 0.550. The van der Waals surface area contributed by atoms with Crippen molar-refractivity contribution in [3.8, 4) is 5.75 Å². The van der Waals surface area contributed by atoms with E-state index in [-0.39, 0.29) is 17.4 Å². The van der Waals surface area contributed by atoms with Crippen LogP contribution in [0.5, 0.6) is 5.75 Å². The Bertz CT molecular complexity index is 426. The summed E-state index contributed by atoms with van der Waals surface area (Å²) in [5.41, 5.74) is 0.889. The van der Waals surface area contributed by atoms with Crippen LogP contribution in [-0.4, -0.2) is 11.5 Å². The molecule has 1 aliphatic heterocycles. The zero-order valence-electron chi connectivity index (χ0n) is 8.34. The highest BCUT2D eigenvalue weighted by Gasteiger charge is 2.23. The Morgan fingerprint density at radius 3 is 2.93 bits per heavy atom. The molecule has 4 heteroatoms. The first-order chi connectivity index (χ1) is 7.16. The number of allylic oxidation sites excluding steroid dienone is 1. The van der Waals surface area contributed by atoms with E-state index in [9.17, 15) is 10.1 Å². The SMILES string of the molecule is CC1=C[C@H](C[N+](=O)[O-])c2ccccc2O1. The van der Waals surface area contributed by atoms with Crippen LogP contribution in [0.3, 0.4) is 0 Å². The molecule has 1 aromatic carbocycles. The maximum absolute atomic E-state index is 10.5. The van der Waals surface area contributed by atoms with Gasteiger partial charge in [0.2, 0.25) is 6.54 Å². The monoisotopic (exact) mass is 205 g/mol. The molecule has 0 bridgehead atoms. The molecule has 4 nitrogen and oxygen atoms in total. The number of hydrogen-bond acceptors (Lipinski definition) is 3. The standard InChI is InChI=1S/C11H11NO3/c1-8-6-9(7-12(13)14)10-4-2-3-5-11(10)15-8/h2-6,9H,7H2,1H3/t9-/m1/s1. The van der Waals surface area contributed by atoms with Crippen molar-refractivity contribution in [3.63, 3.8) is 0 Å². The lowest BCUT2D eigenvalue weighted by molar-refractivity contribution is -0.481. The first kappa shape index (κ1) is 9.71. The minimum atomic E-state index is -0.295. The Morgan fingerprint density at radius 2 is 2.20 bits per heavy atom. The largest absolute Gasteiger partial charge is 0.462 e. The molecule has 0 radical (unpaired) electrons. The Labute approximate surface area is 87.3 Å². The summed E-state index contributed by atoms with van der Waals surface area (Å²) in [4.78, 5) is 10.2. The van der Waals surface area contributed by atoms with Gasteiger partial charge in [-0.3, -0.25) is 10.1 Å². The lowest BCUT2D eigenvalue weighted by atomic mass is 9.95. The molecular weight excluding hydrogens is 194 g/mol. The molecule has 0 spiro atoms. The highest BCUT2D eigenvalue weighted by Crippen LogP contribution is 2.33. The van der Waals surface area contributed by atoms with E-state index in [0.29, 0.717) is 0 Å². The van der Waals surface area contributed by atoms with Crippen molar-refractivity contribution in [3.05, 3.63) is 51.8 Å². The third-order valence-electron chi connectivity index (χ3n) is 2.37. The van der Waals surface area contributed by atoms with Gasteiger partial charge in [-0.25, -0.2) is 0 Å². The second-order valence-corrected chi connectivity index (χ2v) is 3.54. The fourth-order valence-electron chi connectivity index (χ4n) is 1.77. The van der Waals surface area contributed by atoms with Crippen LogP contribution in [0.2, 0.25) is 0 Å². The summed E-state index contributed by atoms with van der Waals surface area (Å²) >= 11 is 0. The summed E-state index contributed by atoms with van der Waals surface area (Å²) in [6.45, 7) is 1.72. The number of rotatable bonds is 2. The summed E-state index contributed by atoms with van der Waals surface area (Å²) in [5.74, 6) is 1.27. The molecule has 0 fully saturated rings. The van der Waals surface area contributed by atoms with Gasteiger partial charge in [-0.15, -0.1) is 0 Å². The van der Waals surface area contributed by atoms with E-state index in [4.69, 9.17) is 4.74 Å². The highest BCUT2D eigenvalue weighted by atomic mass is 16.6. The number of nitrogens with zero attached hydrogens (tertiary/aromatic N) is 1. The van der Waals surface area contributed by atoms with Gasteiger partial charge in [0, 0.05) is 10.5 Å². The zero-order chi connectivity index (χ0) is 10.8. The highest BCUT2D eigenvalue weighted by molar-refractivity contribution is 5.42. The Morgan fingerprint density at radius 1 is 1.47 bits per heavy atom. The maximum Gasteiger partial charge on any atom is 0.214 e. The van der Waals surface area contributed by atoms with Gasteiger partial charge in [0.1, 0.15) is 5.75 Å². The van der Waals surface area contributed by atoms with Gasteiger partial charge in [0.15, 0.2) is 0 Å². The van der Waals surface area contributed by atoms with Gasteiger partial charge in [-0.2, -0.15) is 0 Å². The van der Waals surface area contributed by atoms with Crippen molar-refractivity contribution < 1.29 is 9.66 Å². The molecule has 15 heavy (non-hydrogen) atoms. The van der Waals surface area contributed by atoms with Gasteiger partial charge in [-0.1, -0.05) is 18.2 Å². The first-order valence-corrected chi connectivity index (χ1v) is 4.74. The Balaban J connectivity index is 2.36. The van der Waals surface area contributed by atoms with Gasteiger partial charge >= 0.3 is 0 Å². The summed E-state index contributed by atoms with van der Waals surface area (Å²) < 4.78 is 5.48. The van der Waals surface area contributed by atoms with E-state index in [2.05, 4.69) is 0 Å². The smallest absolute Gasteiger partial charge is 0.214 e. The average Bonchev–Trinajstić information content (AvgIpc) is 2.16. The third kappa shape index (κ3) is 1.98. The van der Waals surface area contributed by atoms with Crippen LogP contribution in [0.1, 0.15) is 18.4 Å². The number of fused-ring (bicyclic) bond motifs is 1. The van der Waals surface area contributed by atoms with E-state index in [1.807, 2.05) is 31.2 Å². The lowest BCUT2D eigenvalue weighted by Gasteiger charge is -2.20. The fraction of sp³-hybridized carbons (Fsp3) is 0.273. The second kappa shape index (κ2) is 3.73. The first-order valence-electron chi connectivity index (χ1n) is 4.74. The normalized spacial score (nSPS) is 18.7. The number of hydrogen-bond donors (Lipinski definition) is 0. The van der Waals surface area contributed by atoms with Crippen molar-refractivity contribution in [2.45, 2.75) is 12.8 Å². The van der Waals surface area contributed by atoms with Crippen molar-refractivity contribution >= 4 is 0 Å². The third-order valence-corrected chi connectivity index (χ3v) is 2.37. The summed E-state index contributed by atoms with van der Waals surface area (Å²) in [7, 11) is 0. The number of benzene rings is 1. The predicted octanol–water partition coefficient (Wildman–Crippen LogP) is 2.34. The van der Waals surface area contributed by atoms with Crippen molar-refractivity contribution in [1.82, 2.24) is 0 Å². The minimum absolute atomic E-state index is 0.0856. The molecule has 0 N–H and O–H groups in total. The number of para-hydroxylation sites is 1. The van der Waals surface area contributed by atoms with Gasteiger partial charge in [-0.05, 0) is 19.1 Å². The Hall–Kier alpha value is -1.84. The molecular formula is C11H11NO3. The molecule has 0 aliphatic carbocycles. The fourth-order valence-corrected chi connectivity index (χ4v) is 1.77. The molecule has 2 rings (SSSR count). The van der Waals surface area contributed by atoms with Crippen molar-refractivity contribution in [2.24, 2.45) is 0 Å². The second-order valence-electron chi connectivity index (χ2n) is 3.54. The van der Waals surface area contributed by atoms with Gasteiger partial charge < -0.3 is 4.74 Å². The maximum atomic E-state index is 10.5. The molecule has 0 saturated heterocycles. The molecule has 1 aromatic rings. The van der Waals surface area contributed by atoms with Crippen LogP contribution in [0, 0.1) is 10.1 Å². The topological polar surface area (TPSA) is 52.4 Å². The number of ether oxygens (including phenoxy) is 1.